The molecule has 6 rings (SSSR count). The summed E-state index contributed by atoms with van der Waals surface area (Å²) in [6.45, 7) is 5.63. The first kappa shape index (κ1) is 36.1. The van der Waals surface area contributed by atoms with E-state index in [0.717, 1.165) is 22.8 Å². The molecule has 2 atom stereocenters. The quantitative estimate of drug-likeness (QED) is 0.162. The molecular formula is C37H40Cl2F2N6O3. The minimum atomic E-state index is -0.558. The molecule has 2 aliphatic rings. The summed E-state index contributed by atoms with van der Waals surface area (Å²) in [5.74, 6) is -0.759. The van der Waals surface area contributed by atoms with Crippen LogP contribution in [0.15, 0.2) is 85.2 Å². The standard InChI is InChI=1S/C37H40Cl2F2N6O3/c38-31-21-27(40)7-9-33(31)44-13-17-46(18-14-44)35(25-49-23-29-5-1-3-11-42-29)37(48)36(26-50-24-30-6-2-4-12-43-30)47-19-15-45(16-20-47)34-10-8-28(41)22-32(34)39/h1-12,21-22,35-36H,13-20,23-26H2. The first-order chi connectivity index (χ1) is 24.4. The lowest BCUT2D eigenvalue weighted by Gasteiger charge is -2.43. The molecule has 264 valence electrons. The Bertz CT molecular complexity index is 1570. The van der Waals surface area contributed by atoms with Crippen molar-refractivity contribution in [2.24, 2.45) is 0 Å². The van der Waals surface area contributed by atoms with E-state index in [-0.39, 0.29) is 43.8 Å². The second-order valence-corrected chi connectivity index (χ2v) is 13.2. The van der Waals surface area contributed by atoms with Gasteiger partial charge in [0.2, 0.25) is 0 Å². The van der Waals surface area contributed by atoms with E-state index in [1.165, 1.54) is 24.3 Å². The fourth-order valence-corrected chi connectivity index (χ4v) is 7.07. The number of anilines is 2. The predicted octanol–water partition coefficient (Wildman–Crippen LogP) is 5.75. The van der Waals surface area contributed by atoms with Gasteiger partial charge in [-0.3, -0.25) is 24.6 Å². The summed E-state index contributed by atoms with van der Waals surface area (Å²) in [6, 6.07) is 19.0. The number of Topliss-reactive ketones (excluding diaryl/α,β-unsaturated/α-hetero) is 1. The predicted molar refractivity (Wildman–Crippen MR) is 191 cm³/mol. The third kappa shape index (κ3) is 9.34. The monoisotopic (exact) mass is 724 g/mol. The maximum Gasteiger partial charge on any atom is 0.171 e. The van der Waals surface area contributed by atoms with Gasteiger partial charge in [0, 0.05) is 64.8 Å². The number of carbonyl (C=O) groups excluding carboxylic acids is 1. The molecule has 0 radical (unpaired) electrons. The molecule has 0 bridgehead atoms. The Kier molecular flexibility index (Phi) is 12.6. The highest BCUT2D eigenvalue weighted by Crippen LogP contribution is 2.30. The normalized spacial score (nSPS) is 17.1. The Morgan fingerprint density at radius 2 is 1.06 bits per heavy atom. The number of pyridine rings is 2. The van der Waals surface area contributed by atoms with Crippen LogP contribution in [0.4, 0.5) is 20.2 Å². The maximum atomic E-state index is 14.8. The van der Waals surface area contributed by atoms with Crippen molar-refractivity contribution in [3.8, 4) is 0 Å². The number of ether oxygens (including phenoxy) is 2. The van der Waals surface area contributed by atoms with Crippen molar-refractivity contribution in [3.63, 3.8) is 0 Å². The number of rotatable bonds is 14. The fourth-order valence-electron chi connectivity index (χ4n) is 6.50. The minimum absolute atomic E-state index is 0.00794. The highest BCUT2D eigenvalue weighted by molar-refractivity contribution is 6.33. The van der Waals surface area contributed by atoms with Crippen molar-refractivity contribution in [2.45, 2.75) is 25.3 Å². The van der Waals surface area contributed by atoms with Crippen molar-refractivity contribution in [1.29, 1.82) is 0 Å². The van der Waals surface area contributed by atoms with E-state index in [1.54, 1.807) is 24.5 Å². The highest BCUT2D eigenvalue weighted by Gasteiger charge is 2.38. The number of hydrogen-bond acceptors (Lipinski definition) is 9. The van der Waals surface area contributed by atoms with Crippen LogP contribution in [-0.2, 0) is 27.5 Å². The summed E-state index contributed by atoms with van der Waals surface area (Å²) in [5, 5.41) is 0.715. The molecule has 0 saturated carbocycles. The lowest BCUT2D eigenvalue weighted by molar-refractivity contribution is -0.135. The van der Waals surface area contributed by atoms with Gasteiger partial charge in [-0.1, -0.05) is 35.3 Å². The second-order valence-electron chi connectivity index (χ2n) is 12.3. The molecule has 0 aliphatic carbocycles. The second kappa shape index (κ2) is 17.5. The number of hydrogen-bond donors (Lipinski definition) is 0. The van der Waals surface area contributed by atoms with Gasteiger partial charge in [0.15, 0.2) is 5.78 Å². The van der Waals surface area contributed by atoms with E-state index in [9.17, 15) is 13.6 Å². The largest absolute Gasteiger partial charge is 0.373 e. The van der Waals surface area contributed by atoms with Crippen molar-refractivity contribution in [3.05, 3.63) is 118 Å². The minimum Gasteiger partial charge on any atom is -0.373 e. The molecular weight excluding hydrogens is 685 g/mol. The number of halogens is 4. The van der Waals surface area contributed by atoms with E-state index < -0.39 is 12.1 Å². The molecule has 2 aromatic carbocycles. The smallest absolute Gasteiger partial charge is 0.171 e. The zero-order chi connectivity index (χ0) is 34.9. The zero-order valence-electron chi connectivity index (χ0n) is 27.6. The van der Waals surface area contributed by atoms with Crippen LogP contribution < -0.4 is 9.80 Å². The first-order valence-electron chi connectivity index (χ1n) is 16.7. The number of nitrogens with zero attached hydrogens (tertiary/aromatic N) is 6. The van der Waals surface area contributed by atoms with Gasteiger partial charge in [-0.05, 0) is 60.7 Å². The lowest BCUT2D eigenvalue weighted by atomic mass is 10.0. The molecule has 0 amide bonds. The number of aromatic nitrogens is 2. The van der Waals surface area contributed by atoms with E-state index >= 15 is 0 Å². The fraction of sp³-hybridized carbons (Fsp3) is 0.378. The number of ketones is 1. The molecule has 4 aromatic rings. The van der Waals surface area contributed by atoms with Gasteiger partial charge >= 0.3 is 0 Å². The first-order valence-corrected chi connectivity index (χ1v) is 17.5. The Labute approximate surface area is 301 Å². The van der Waals surface area contributed by atoms with Gasteiger partial charge in [-0.15, -0.1) is 0 Å². The Balaban J connectivity index is 1.19. The average molecular weight is 726 g/mol. The van der Waals surface area contributed by atoms with E-state index in [0.29, 0.717) is 62.4 Å². The zero-order valence-corrected chi connectivity index (χ0v) is 29.2. The molecule has 13 heteroatoms. The van der Waals surface area contributed by atoms with Crippen LogP contribution >= 0.6 is 23.2 Å². The molecule has 50 heavy (non-hydrogen) atoms. The molecule has 9 nitrogen and oxygen atoms in total. The van der Waals surface area contributed by atoms with Crippen molar-refractivity contribution < 1.29 is 23.0 Å². The van der Waals surface area contributed by atoms with Crippen LogP contribution in [0.3, 0.4) is 0 Å². The van der Waals surface area contributed by atoms with Crippen LogP contribution in [0.2, 0.25) is 10.0 Å². The van der Waals surface area contributed by atoms with E-state index in [2.05, 4.69) is 29.6 Å². The molecule has 2 unspecified atom stereocenters. The number of carbonyl (C=O) groups is 1. The van der Waals surface area contributed by atoms with Crippen molar-refractivity contribution in [1.82, 2.24) is 19.8 Å². The van der Waals surface area contributed by atoms with Crippen LogP contribution in [-0.4, -0.2) is 103 Å². The van der Waals surface area contributed by atoms with Crippen molar-refractivity contribution >= 4 is 40.4 Å². The van der Waals surface area contributed by atoms with Crippen molar-refractivity contribution in [2.75, 3.05) is 75.4 Å². The topological polar surface area (TPSA) is 74.3 Å². The van der Waals surface area contributed by atoms with Gasteiger partial charge in [0.25, 0.3) is 0 Å². The molecule has 0 N–H and O–H groups in total. The van der Waals surface area contributed by atoms with Gasteiger partial charge < -0.3 is 19.3 Å². The average Bonchev–Trinajstić information content (AvgIpc) is 3.13. The molecule has 2 saturated heterocycles. The van der Waals surface area contributed by atoms with Gasteiger partial charge in [-0.2, -0.15) is 0 Å². The number of piperazine rings is 2. The molecule has 4 heterocycles. The lowest BCUT2D eigenvalue weighted by Crippen LogP contribution is -2.61. The van der Waals surface area contributed by atoms with Gasteiger partial charge in [0.05, 0.1) is 71.3 Å². The third-order valence-electron chi connectivity index (χ3n) is 9.17. The highest BCUT2D eigenvalue weighted by atomic mass is 35.5. The number of benzene rings is 2. The van der Waals surface area contributed by atoms with Crippen LogP contribution in [0.25, 0.3) is 0 Å². The molecule has 2 aromatic heterocycles. The summed E-state index contributed by atoms with van der Waals surface area (Å²) < 4.78 is 39.9. The maximum absolute atomic E-state index is 14.8. The Hall–Kier alpha value is -3.71. The van der Waals surface area contributed by atoms with E-state index in [4.69, 9.17) is 32.7 Å². The summed E-state index contributed by atoms with van der Waals surface area (Å²) >= 11 is 12.8. The Morgan fingerprint density at radius 1 is 0.640 bits per heavy atom. The summed E-state index contributed by atoms with van der Waals surface area (Å²) in [7, 11) is 0. The van der Waals surface area contributed by atoms with Crippen LogP contribution in [0, 0.1) is 11.6 Å². The summed E-state index contributed by atoms with van der Waals surface area (Å²) in [5.41, 5.74) is 3.09. The summed E-state index contributed by atoms with van der Waals surface area (Å²) in [6.07, 6.45) is 3.43. The Morgan fingerprint density at radius 3 is 1.42 bits per heavy atom. The molecule has 2 aliphatic heterocycles. The SMILES string of the molecule is O=C(C(COCc1ccccn1)N1CCN(c2ccc(F)cc2Cl)CC1)C(COCc1ccccn1)N1CCN(c2ccc(F)cc2Cl)CC1. The molecule has 0 spiro atoms. The van der Waals surface area contributed by atoms with Gasteiger partial charge in [0.1, 0.15) is 11.6 Å². The van der Waals surface area contributed by atoms with Crippen LogP contribution in [0.1, 0.15) is 11.4 Å². The van der Waals surface area contributed by atoms with Crippen LogP contribution in [0.5, 0.6) is 0 Å². The third-order valence-corrected chi connectivity index (χ3v) is 9.78. The summed E-state index contributed by atoms with van der Waals surface area (Å²) in [4.78, 5) is 32.1. The van der Waals surface area contributed by atoms with Gasteiger partial charge in [-0.25, -0.2) is 8.78 Å². The molecule has 2 fully saturated rings. The van der Waals surface area contributed by atoms with E-state index in [1.807, 2.05) is 36.4 Å².